The van der Waals surface area contributed by atoms with Crippen molar-refractivity contribution < 1.29 is 9.53 Å². The molecule has 2 aromatic rings. The molecule has 0 radical (unpaired) electrons. The number of amides is 1. The number of hydrogen-bond donors (Lipinski definition) is 0. The SMILES string of the molecule is CCc1ccc(/C=C/C(=O)N2CCN(c3ccc(OC)cc3)CC2)cc1. The molecule has 1 saturated heterocycles. The van der Waals surface area contributed by atoms with Crippen LogP contribution in [0.1, 0.15) is 18.1 Å². The summed E-state index contributed by atoms with van der Waals surface area (Å²) in [6.45, 7) is 5.31. The molecular formula is C22H26N2O2. The molecule has 1 aliphatic rings. The molecule has 1 amide bonds. The van der Waals surface area contributed by atoms with Gasteiger partial charge in [0.05, 0.1) is 7.11 Å². The predicted octanol–water partition coefficient (Wildman–Crippen LogP) is 3.62. The average molecular weight is 350 g/mol. The molecule has 0 unspecified atom stereocenters. The number of benzene rings is 2. The van der Waals surface area contributed by atoms with E-state index < -0.39 is 0 Å². The monoisotopic (exact) mass is 350 g/mol. The van der Waals surface area contributed by atoms with E-state index in [2.05, 4.69) is 48.2 Å². The lowest BCUT2D eigenvalue weighted by molar-refractivity contribution is -0.126. The van der Waals surface area contributed by atoms with Gasteiger partial charge in [0.1, 0.15) is 5.75 Å². The summed E-state index contributed by atoms with van der Waals surface area (Å²) in [6, 6.07) is 16.4. The number of anilines is 1. The van der Waals surface area contributed by atoms with E-state index in [-0.39, 0.29) is 5.91 Å². The van der Waals surface area contributed by atoms with Crippen LogP contribution in [0.25, 0.3) is 6.08 Å². The van der Waals surface area contributed by atoms with E-state index in [1.165, 1.54) is 11.3 Å². The van der Waals surface area contributed by atoms with Crippen LogP contribution < -0.4 is 9.64 Å². The molecule has 1 fully saturated rings. The fraction of sp³-hybridized carbons (Fsp3) is 0.318. The minimum atomic E-state index is 0.0824. The number of hydrogen-bond acceptors (Lipinski definition) is 3. The Hall–Kier alpha value is -2.75. The van der Waals surface area contributed by atoms with Crippen LogP contribution in [0, 0.1) is 0 Å². The van der Waals surface area contributed by atoms with Gasteiger partial charge in [-0.25, -0.2) is 0 Å². The first-order valence-corrected chi connectivity index (χ1v) is 9.14. The highest BCUT2D eigenvalue weighted by Gasteiger charge is 2.19. The Kier molecular flexibility index (Phi) is 5.95. The van der Waals surface area contributed by atoms with Gasteiger partial charge < -0.3 is 14.5 Å². The molecule has 4 heteroatoms. The minimum absolute atomic E-state index is 0.0824. The van der Waals surface area contributed by atoms with Crippen LogP contribution in [0.3, 0.4) is 0 Å². The number of rotatable bonds is 5. The van der Waals surface area contributed by atoms with E-state index in [4.69, 9.17) is 4.74 Å². The second-order valence-corrected chi connectivity index (χ2v) is 6.44. The topological polar surface area (TPSA) is 32.8 Å². The van der Waals surface area contributed by atoms with Crippen molar-refractivity contribution in [1.29, 1.82) is 0 Å². The Morgan fingerprint density at radius 1 is 1.00 bits per heavy atom. The largest absolute Gasteiger partial charge is 0.497 e. The fourth-order valence-electron chi connectivity index (χ4n) is 3.12. The van der Waals surface area contributed by atoms with Crippen LogP contribution in [0.5, 0.6) is 5.75 Å². The van der Waals surface area contributed by atoms with E-state index in [0.29, 0.717) is 0 Å². The van der Waals surface area contributed by atoms with Crippen LogP contribution in [0.2, 0.25) is 0 Å². The van der Waals surface area contributed by atoms with E-state index in [0.717, 1.165) is 43.9 Å². The Bertz CT molecular complexity index is 743. The third kappa shape index (κ3) is 4.45. The molecule has 1 aliphatic heterocycles. The number of carbonyl (C=O) groups excluding carboxylic acids is 1. The summed E-state index contributed by atoms with van der Waals surface area (Å²) in [5.74, 6) is 0.943. The van der Waals surface area contributed by atoms with Gasteiger partial charge in [0.2, 0.25) is 5.91 Å². The van der Waals surface area contributed by atoms with Gasteiger partial charge in [-0.2, -0.15) is 0 Å². The number of methoxy groups -OCH3 is 1. The zero-order valence-corrected chi connectivity index (χ0v) is 15.5. The summed E-state index contributed by atoms with van der Waals surface area (Å²) in [6.07, 6.45) is 4.61. The highest BCUT2D eigenvalue weighted by atomic mass is 16.5. The smallest absolute Gasteiger partial charge is 0.246 e. The van der Waals surface area contributed by atoms with Crippen LogP contribution in [0.4, 0.5) is 5.69 Å². The lowest BCUT2D eigenvalue weighted by atomic mass is 10.1. The molecule has 1 heterocycles. The van der Waals surface area contributed by atoms with Crippen molar-refractivity contribution in [3.8, 4) is 5.75 Å². The van der Waals surface area contributed by atoms with Gasteiger partial charge in [-0.3, -0.25) is 4.79 Å². The Morgan fingerprint density at radius 2 is 1.65 bits per heavy atom. The molecule has 0 spiro atoms. The van der Waals surface area contributed by atoms with Gasteiger partial charge in [-0.1, -0.05) is 31.2 Å². The molecule has 3 rings (SSSR count). The maximum Gasteiger partial charge on any atom is 0.246 e. The first kappa shape index (κ1) is 18.1. The molecule has 136 valence electrons. The van der Waals surface area contributed by atoms with E-state index >= 15 is 0 Å². The third-order valence-electron chi connectivity index (χ3n) is 4.84. The quantitative estimate of drug-likeness (QED) is 0.772. The standard InChI is InChI=1S/C22H26N2O2/c1-3-18-4-6-19(7-5-18)8-13-22(25)24-16-14-23(15-17-24)20-9-11-21(26-2)12-10-20/h4-13H,3,14-17H2,1-2H3/b13-8+. The molecule has 26 heavy (non-hydrogen) atoms. The molecule has 4 nitrogen and oxygen atoms in total. The maximum absolute atomic E-state index is 12.4. The van der Waals surface area contributed by atoms with Gasteiger partial charge in [0.25, 0.3) is 0 Å². The Labute approximate surface area is 155 Å². The van der Waals surface area contributed by atoms with Gasteiger partial charge in [-0.15, -0.1) is 0 Å². The fourth-order valence-corrected chi connectivity index (χ4v) is 3.12. The summed E-state index contributed by atoms with van der Waals surface area (Å²) < 4.78 is 5.20. The molecule has 0 aliphatic carbocycles. The van der Waals surface area contributed by atoms with Crippen molar-refractivity contribution in [2.75, 3.05) is 38.2 Å². The lowest BCUT2D eigenvalue weighted by Crippen LogP contribution is -2.48. The average Bonchev–Trinajstić information content (AvgIpc) is 2.72. The molecule has 0 N–H and O–H groups in total. The van der Waals surface area contributed by atoms with Crippen LogP contribution in [-0.2, 0) is 11.2 Å². The Morgan fingerprint density at radius 3 is 2.23 bits per heavy atom. The van der Waals surface area contributed by atoms with E-state index in [1.54, 1.807) is 13.2 Å². The predicted molar refractivity (Wildman–Crippen MR) is 107 cm³/mol. The molecular weight excluding hydrogens is 324 g/mol. The highest BCUT2D eigenvalue weighted by molar-refractivity contribution is 5.92. The normalized spacial score (nSPS) is 14.7. The van der Waals surface area contributed by atoms with E-state index in [9.17, 15) is 4.79 Å². The minimum Gasteiger partial charge on any atom is -0.497 e. The third-order valence-corrected chi connectivity index (χ3v) is 4.84. The number of aryl methyl sites for hydroxylation is 1. The second kappa shape index (κ2) is 8.56. The number of nitrogens with zero attached hydrogens (tertiary/aromatic N) is 2. The zero-order valence-electron chi connectivity index (χ0n) is 15.5. The van der Waals surface area contributed by atoms with Gasteiger partial charge in [0, 0.05) is 37.9 Å². The molecule has 0 bridgehead atoms. The van der Waals surface area contributed by atoms with Crippen LogP contribution in [0.15, 0.2) is 54.6 Å². The first-order chi connectivity index (χ1) is 12.7. The van der Waals surface area contributed by atoms with Gasteiger partial charge in [0.15, 0.2) is 0 Å². The van der Waals surface area contributed by atoms with Crippen molar-refractivity contribution in [2.24, 2.45) is 0 Å². The lowest BCUT2D eigenvalue weighted by Gasteiger charge is -2.35. The van der Waals surface area contributed by atoms with Crippen molar-refractivity contribution in [2.45, 2.75) is 13.3 Å². The van der Waals surface area contributed by atoms with Crippen LogP contribution >= 0.6 is 0 Å². The van der Waals surface area contributed by atoms with E-state index in [1.807, 2.05) is 23.1 Å². The molecule has 0 aromatic heterocycles. The maximum atomic E-state index is 12.4. The highest BCUT2D eigenvalue weighted by Crippen LogP contribution is 2.20. The Balaban J connectivity index is 1.53. The second-order valence-electron chi connectivity index (χ2n) is 6.44. The van der Waals surface area contributed by atoms with Crippen molar-refractivity contribution in [3.05, 3.63) is 65.7 Å². The summed E-state index contributed by atoms with van der Waals surface area (Å²) in [4.78, 5) is 16.6. The molecule has 2 aromatic carbocycles. The van der Waals surface area contributed by atoms with Gasteiger partial charge in [-0.05, 0) is 47.9 Å². The first-order valence-electron chi connectivity index (χ1n) is 9.14. The van der Waals surface area contributed by atoms with Crippen molar-refractivity contribution in [3.63, 3.8) is 0 Å². The number of piperazine rings is 1. The number of ether oxygens (including phenoxy) is 1. The molecule has 0 saturated carbocycles. The summed E-state index contributed by atoms with van der Waals surface area (Å²) in [7, 11) is 1.67. The zero-order chi connectivity index (χ0) is 18.4. The molecule has 0 atom stereocenters. The van der Waals surface area contributed by atoms with Crippen LogP contribution in [-0.4, -0.2) is 44.1 Å². The summed E-state index contributed by atoms with van der Waals surface area (Å²) in [5.41, 5.74) is 3.54. The van der Waals surface area contributed by atoms with Gasteiger partial charge >= 0.3 is 0 Å². The summed E-state index contributed by atoms with van der Waals surface area (Å²) >= 11 is 0. The van der Waals surface area contributed by atoms with Crippen molar-refractivity contribution >= 4 is 17.7 Å². The number of carbonyl (C=O) groups is 1. The van der Waals surface area contributed by atoms with Crippen molar-refractivity contribution in [1.82, 2.24) is 4.90 Å². The summed E-state index contributed by atoms with van der Waals surface area (Å²) in [5, 5.41) is 0.